The standard InChI is InChI=1S/C22H34N2O5/c1-15(2)19(23-21(26)29-22(3,4)5)20(25)24-13-11-18(12-14-24)28-17-9-7-16(27-6)8-10-17/h7-10,15,18-19H,11-14H2,1-6H3,(H,23,26)/t19-/m0/s1. The Hall–Kier alpha value is -2.44. The quantitative estimate of drug-likeness (QED) is 0.781. The Morgan fingerprint density at radius 3 is 2.10 bits per heavy atom. The van der Waals surface area contributed by atoms with Gasteiger partial charge in [-0.2, -0.15) is 0 Å². The van der Waals surface area contributed by atoms with E-state index in [0.717, 1.165) is 24.3 Å². The lowest BCUT2D eigenvalue weighted by Gasteiger charge is -2.35. The van der Waals surface area contributed by atoms with E-state index >= 15 is 0 Å². The van der Waals surface area contributed by atoms with Crippen LogP contribution >= 0.6 is 0 Å². The summed E-state index contributed by atoms with van der Waals surface area (Å²) in [5, 5.41) is 2.74. The molecule has 0 aromatic heterocycles. The van der Waals surface area contributed by atoms with Gasteiger partial charge in [0.2, 0.25) is 5.91 Å². The number of likely N-dealkylation sites (tertiary alicyclic amines) is 1. The maximum Gasteiger partial charge on any atom is 0.408 e. The molecule has 0 bridgehead atoms. The third kappa shape index (κ3) is 7.15. The average molecular weight is 407 g/mol. The Morgan fingerprint density at radius 2 is 1.62 bits per heavy atom. The topological polar surface area (TPSA) is 77.1 Å². The van der Waals surface area contributed by atoms with Crippen LogP contribution in [0.15, 0.2) is 24.3 Å². The van der Waals surface area contributed by atoms with E-state index in [1.165, 1.54) is 0 Å². The molecule has 1 N–H and O–H groups in total. The molecule has 162 valence electrons. The lowest BCUT2D eigenvalue weighted by Crippen LogP contribution is -2.54. The maximum atomic E-state index is 13.0. The molecule has 7 nitrogen and oxygen atoms in total. The number of nitrogens with one attached hydrogen (secondary N) is 1. The lowest BCUT2D eigenvalue weighted by molar-refractivity contribution is -0.136. The molecule has 1 atom stereocenters. The van der Waals surface area contributed by atoms with E-state index in [-0.39, 0.29) is 17.9 Å². The molecular weight excluding hydrogens is 372 g/mol. The smallest absolute Gasteiger partial charge is 0.408 e. The minimum atomic E-state index is -0.607. The highest BCUT2D eigenvalue weighted by molar-refractivity contribution is 5.86. The van der Waals surface area contributed by atoms with Gasteiger partial charge in [-0.25, -0.2) is 4.79 Å². The molecule has 0 spiro atoms. The monoisotopic (exact) mass is 406 g/mol. The first kappa shape index (κ1) is 22.8. The van der Waals surface area contributed by atoms with Gasteiger partial charge in [-0.3, -0.25) is 4.79 Å². The van der Waals surface area contributed by atoms with Crippen molar-refractivity contribution in [3.63, 3.8) is 0 Å². The molecule has 1 fully saturated rings. The molecule has 7 heteroatoms. The fourth-order valence-electron chi connectivity index (χ4n) is 3.19. The van der Waals surface area contributed by atoms with Crippen molar-refractivity contribution >= 4 is 12.0 Å². The molecule has 1 heterocycles. The first-order valence-corrected chi connectivity index (χ1v) is 10.2. The first-order valence-electron chi connectivity index (χ1n) is 10.2. The highest BCUT2D eigenvalue weighted by atomic mass is 16.6. The molecule has 1 aromatic rings. The number of rotatable bonds is 6. The summed E-state index contributed by atoms with van der Waals surface area (Å²) < 4.78 is 16.5. The van der Waals surface area contributed by atoms with Gasteiger partial charge in [-0.15, -0.1) is 0 Å². The number of carbonyl (C=O) groups excluding carboxylic acids is 2. The highest BCUT2D eigenvalue weighted by Gasteiger charge is 2.32. The van der Waals surface area contributed by atoms with Crippen LogP contribution in [0.1, 0.15) is 47.5 Å². The zero-order valence-corrected chi connectivity index (χ0v) is 18.4. The number of alkyl carbamates (subject to hydrolysis) is 1. The SMILES string of the molecule is COc1ccc(OC2CCN(C(=O)[C@@H](NC(=O)OC(C)(C)C)C(C)C)CC2)cc1. The predicted octanol–water partition coefficient (Wildman–Crippen LogP) is 3.61. The Morgan fingerprint density at radius 1 is 1.07 bits per heavy atom. The van der Waals surface area contributed by atoms with Gasteiger partial charge >= 0.3 is 6.09 Å². The first-order chi connectivity index (χ1) is 13.6. The third-order valence-corrected chi connectivity index (χ3v) is 4.72. The molecule has 0 unspecified atom stereocenters. The summed E-state index contributed by atoms with van der Waals surface area (Å²) in [6, 6.07) is 6.89. The molecule has 2 amide bonds. The van der Waals surface area contributed by atoms with Crippen molar-refractivity contribution in [2.75, 3.05) is 20.2 Å². The Balaban J connectivity index is 1.88. The van der Waals surface area contributed by atoms with Crippen LogP contribution in [0, 0.1) is 5.92 Å². The van der Waals surface area contributed by atoms with Gasteiger partial charge in [0.25, 0.3) is 0 Å². The second kappa shape index (κ2) is 9.85. The highest BCUT2D eigenvalue weighted by Crippen LogP contribution is 2.22. The van der Waals surface area contributed by atoms with Crippen molar-refractivity contribution in [2.24, 2.45) is 5.92 Å². The van der Waals surface area contributed by atoms with Crippen molar-refractivity contribution in [3.8, 4) is 11.5 Å². The molecule has 2 rings (SSSR count). The number of nitrogens with zero attached hydrogens (tertiary/aromatic N) is 1. The minimum Gasteiger partial charge on any atom is -0.497 e. The summed E-state index contributed by atoms with van der Waals surface area (Å²) in [5.41, 5.74) is -0.605. The second-order valence-corrected chi connectivity index (χ2v) is 8.69. The number of methoxy groups -OCH3 is 1. The molecule has 1 aromatic carbocycles. The van der Waals surface area contributed by atoms with E-state index in [1.807, 2.05) is 38.1 Å². The maximum absolute atomic E-state index is 13.0. The lowest BCUT2D eigenvalue weighted by atomic mass is 10.0. The van der Waals surface area contributed by atoms with Crippen molar-refractivity contribution < 1.29 is 23.8 Å². The summed E-state index contributed by atoms with van der Waals surface area (Å²) >= 11 is 0. The fraction of sp³-hybridized carbons (Fsp3) is 0.636. The van der Waals surface area contributed by atoms with Gasteiger partial charge in [0.15, 0.2) is 0 Å². The molecule has 0 aliphatic carbocycles. The molecular formula is C22H34N2O5. The van der Waals surface area contributed by atoms with Crippen LogP contribution in [0.2, 0.25) is 0 Å². The zero-order valence-electron chi connectivity index (χ0n) is 18.4. The zero-order chi connectivity index (χ0) is 21.6. The van der Waals surface area contributed by atoms with Gasteiger partial charge in [-0.1, -0.05) is 13.8 Å². The van der Waals surface area contributed by atoms with Crippen LogP contribution in [-0.4, -0.2) is 54.8 Å². The van der Waals surface area contributed by atoms with Gasteiger partial charge in [0.1, 0.15) is 29.2 Å². The van der Waals surface area contributed by atoms with E-state index in [0.29, 0.717) is 13.1 Å². The Bertz CT molecular complexity index is 673. The number of carbonyl (C=O) groups is 2. The van der Waals surface area contributed by atoms with Crippen molar-refractivity contribution in [2.45, 2.75) is 65.2 Å². The summed E-state index contributed by atoms with van der Waals surface area (Å²) in [6.45, 7) is 10.4. The molecule has 1 aliphatic rings. The van der Waals surface area contributed by atoms with Gasteiger partial charge in [-0.05, 0) is 51.0 Å². The van der Waals surface area contributed by atoms with E-state index in [2.05, 4.69) is 5.32 Å². The summed E-state index contributed by atoms with van der Waals surface area (Å²) in [7, 11) is 1.63. The summed E-state index contributed by atoms with van der Waals surface area (Å²) in [6.07, 6.45) is 0.982. The minimum absolute atomic E-state index is 0.0386. The van der Waals surface area contributed by atoms with Crippen LogP contribution in [-0.2, 0) is 9.53 Å². The van der Waals surface area contributed by atoms with Crippen LogP contribution in [0.3, 0.4) is 0 Å². The van der Waals surface area contributed by atoms with Crippen molar-refractivity contribution in [1.29, 1.82) is 0 Å². The number of hydrogen-bond acceptors (Lipinski definition) is 5. The molecule has 1 aliphatic heterocycles. The normalized spacial score (nSPS) is 16.3. The van der Waals surface area contributed by atoms with Crippen LogP contribution < -0.4 is 14.8 Å². The summed E-state index contributed by atoms with van der Waals surface area (Å²) in [5.74, 6) is 1.47. The van der Waals surface area contributed by atoms with Gasteiger partial charge in [0.05, 0.1) is 7.11 Å². The average Bonchev–Trinajstić information content (AvgIpc) is 2.65. The van der Waals surface area contributed by atoms with E-state index < -0.39 is 17.7 Å². The van der Waals surface area contributed by atoms with E-state index in [9.17, 15) is 9.59 Å². The number of ether oxygens (including phenoxy) is 3. The van der Waals surface area contributed by atoms with Crippen molar-refractivity contribution in [1.82, 2.24) is 10.2 Å². The number of piperidine rings is 1. The summed E-state index contributed by atoms with van der Waals surface area (Å²) in [4.78, 5) is 26.9. The Labute approximate surface area is 173 Å². The number of amides is 2. The molecule has 1 saturated heterocycles. The van der Waals surface area contributed by atoms with Crippen LogP contribution in [0.4, 0.5) is 4.79 Å². The number of hydrogen-bond donors (Lipinski definition) is 1. The third-order valence-electron chi connectivity index (χ3n) is 4.72. The molecule has 29 heavy (non-hydrogen) atoms. The van der Waals surface area contributed by atoms with Crippen LogP contribution in [0.5, 0.6) is 11.5 Å². The molecule has 0 radical (unpaired) electrons. The van der Waals surface area contributed by atoms with Crippen molar-refractivity contribution in [3.05, 3.63) is 24.3 Å². The van der Waals surface area contributed by atoms with Gasteiger partial charge < -0.3 is 24.4 Å². The van der Waals surface area contributed by atoms with E-state index in [1.54, 1.807) is 32.8 Å². The fourth-order valence-corrected chi connectivity index (χ4v) is 3.19. The molecule has 0 saturated carbocycles. The van der Waals surface area contributed by atoms with E-state index in [4.69, 9.17) is 14.2 Å². The predicted molar refractivity (Wildman–Crippen MR) is 111 cm³/mol. The number of benzene rings is 1. The van der Waals surface area contributed by atoms with Gasteiger partial charge in [0, 0.05) is 25.9 Å². The largest absolute Gasteiger partial charge is 0.497 e. The Kier molecular flexibility index (Phi) is 7.76. The second-order valence-electron chi connectivity index (χ2n) is 8.69. The van der Waals surface area contributed by atoms with Crippen LogP contribution in [0.25, 0.3) is 0 Å².